The van der Waals surface area contributed by atoms with Crippen LogP contribution in [0.4, 0.5) is 0 Å². The van der Waals surface area contributed by atoms with E-state index < -0.39 is 0 Å². The molecule has 2 aromatic heterocycles. The van der Waals surface area contributed by atoms with Crippen molar-refractivity contribution in [2.45, 2.75) is 25.3 Å². The predicted octanol–water partition coefficient (Wildman–Crippen LogP) is 4.39. The molecule has 1 aliphatic heterocycles. The number of fused-ring (bicyclic) bond motifs is 1. The first-order valence-electron chi connectivity index (χ1n) is 8.26. The number of benzene rings is 1. The molecule has 0 radical (unpaired) electrons. The van der Waals surface area contributed by atoms with Crippen LogP contribution >= 0.6 is 11.3 Å². The van der Waals surface area contributed by atoms with Gasteiger partial charge in [-0.2, -0.15) is 0 Å². The van der Waals surface area contributed by atoms with E-state index in [-0.39, 0.29) is 11.9 Å². The second-order valence-electron chi connectivity index (χ2n) is 6.10. The smallest absolute Gasteiger partial charge is 0.247 e. The minimum Gasteiger partial charge on any atom is -0.357 e. The van der Waals surface area contributed by atoms with Crippen molar-refractivity contribution in [3.05, 3.63) is 58.7 Å². The zero-order valence-electron chi connectivity index (χ0n) is 13.3. The van der Waals surface area contributed by atoms with E-state index in [1.807, 2.05) is 22.4 Å². The number of rotatable bonds is 3. The van der Waals surface area contributed by atoms with E-state index in [1.54, 1.807) is 17.7 Å². The van der Waals surface area contributed by atoms with Crippen LogP contribution in [-0.2, 0) is 4.79 Å². The Morgan fingerprint density at radius 1 is 1.33 bits per heavy atom. The van der Waals surface area contributed by atoms with E-state index >= 15 is 0 Å². The van der Waals surface area contributed by atoms with Crippen molar-refractivity contribution in [3.8, 4) is 0 Å². The third-order valence-corrected chi connectivity index (χ3v) is 5.15. The zero-order chi connectivity index (χ0) is 16.4. The highest BCUT2D eigenvalue weighted by atomic mass is 32.1. The Kier molecular flexibility index (Phi) is 4.17. The number of nitrogens with one attached hydrogen (secondary N) is 1. The van der Waals surface area contributed by atoms with Gasteiger partial charge in [0.15, 0.2) is 0 Å². The molecule has 3 aromatic rings. The fourth-order valence-electron chi connectivity index (χ4n) is 3.35. The molecular weight excluding hydrogens is 318 g/mol. The lowest BCUT2D eigenvalue weighted by Gasteiger charge is -2.34. The number of nitrogens with zero attached hydrogens (tertiary/aromatic N) is 2. The standard InChI is InChI=1S/C19H19N3OS/c23-19(9-8-15-12-24-13-20-15)22-10-4-3-7-18(22)17-11-14-5-1-2-6-16(14)21-17/h1-2,5-6,8-9,11-13,18,21H,3-4,7,10H2/b9-8+/t18-/m0/s1. The second kappa shape index (κ2) is 6.61. The van der Waals surface area contributed by atoms with Crippen molar-refractivity contribution in [1.29, 1.82) is 0 Å². The van der Waals surface area contributed by atoms with Crippen LogP contribution in [0.5, 0.6) is 0 Å². The molecule has 1 saturated heterocycles. The van der Waals surface area contributed by atoms with Crippen LogP contribution in [0.15, 0.2) is 47.3 Å². The van der Waals surface area contributed by atoms with Gasteiger partial charge >= 0.3 is 0 Å². The van der Waals surface area contributed by atoms with Crippen LogP contribution < -0.4 is 0 Å². The average molecular weight is 337 g/mol. The number of aromatic nitrogens is 2. The maximum atomic E-state index is 12.7. The lowest BCUT2D eigenvalue weighted by atomic mass is 9.99. The highest BCUT2D eigenvalue weighted by Gasteiger charge is 2.27. The fraction of sp³-hybridized carbons (Fsp3) is 0.263. The molecule has 0 unspecified atom stereocenters. The minimum absolute atomic E-state index is 0.0614. The number of likely N-dealkylation sites (tertiary alicyclic amines) is 1. The molecule has 0 bridgehead atoms. The molecule has 4 nitrogen and oxygen atoms in total. The van der Waals surface area contributed by atoms with Gasteiger partial charge in [-0.1, -0.05) is 18.2 Å². The molecule has 0 aliphatic carbocycles. The third kappa shape index (κ3) is 2.99. The molecule has 1 fully saturated rings. The number of thiazole rings is 1. The van der Waals surface area contributed by atoms with E-state index in [2.05, 4.69) is 28.2 Å². The Morgan fingerprint density at radius 3 is 3.08 bits per heavy atom. The molecular formula is C19H19N3OS. The first-order chi connectivity index (χ1) is 11.8. The van der Waals surface area contributed by atoms with Gasteiger partial charge in [0, 0.05) is 29.2 Å². The molecule has 1 atom stereocenters. The Labute approximate surface area is 144 Å². The molecule has 4 rings (SSSR count). The van der Waals surface area contributed by atoms with Crippen molar-refractivity contribution in [2.75, 3.05) is 6.54 Å². The topological polar surface area (TPSA) is 49.0 Å². The molecule has 122 valence electrons. The molecule has 1 aromatic carbocycles. The third-order valence-electron chi connectivity index (χ3n) is 4.54. The maximum Gasteiger partial charge on any atom is 0.247 e. The van der Waals surface area contributed by atoms with Gasteiger partial charge < -0.3 is 9.88 Å². The minimum atomic E-state index is 0.0614. The summed E-state index contributed by atoms with van der Waals surface area (Å²) in [6, 6.07) is 10.6. The van der Waals surface area contributed by atoms with Crippen molar-refractivity contribution in [1.82, 2.24) is 14.9 Å². The molecule has 1 amide bonds. The van der Waals surface area contributed by atoms with Gasteiger partial charge in [0.2, 0.25) is 5.91 Å². The number of hydrogen-bond acceptors (Lipinski definition) is 3. The SMILES string of the molecule is O=C(/C=C/c1cscn1)N1CCCC[C@H]1c1cc2ccccc2[nH]1. The number of amides is 1. The number of para-hydroxylation sites is 1. The number of carbonyl (C=O) groups is 1. The van der Waals surface area contributed by atoms with Crippen LogP contribution in [0.3, 0.4) is 0 Å². The summed E-state index contributed by atoms with van der Waals surface area (Å²) in [6.45, 7) is 0.806. The molecule has 0 saturated carbocycles. The Balaban J connectivity index is 1.59. The highest BCUT2D eigenvalue weighted by Crippen LogP contribution is 2.32. The lowest BCUT2D eigenvalue weighted by Crippen LogP contribution is -2.37. The molecule has 1 N–H and O–H groups in total. The van der Waals surface area contributed by atoms with Crippen molar-refractivity contribution in [2.24, 2.45) is 0 Å². The molecule has 24 heavy (non-hydrogen) atoms. The number of carbonyl (C=O) groups excluding carboxylic acids is 1. The molecule has 3 heterocycles. The normalized spacial score (nSPS) is 18.5. The molecule has 1 aliphatic rings. The van der Waals surface area contributed by atoms with E-state index in [0.717, 1.165) is 42.7 Å². The number of H-pyrrole nitrogens is 1. The van der Waals surface area contributed by atoms with Gasteiger partial charge in [-0.3, -0.25) is 4.79 Å². The van der Waals surface area contributed by atoms with Gasteiger partial charge in [0.1, 0.15) is 0 Å². The summed E-state index contributed by atoms with van der Waals surface area (Å²) in [5.74, 6) is 0.0614. The lowest BCUT2D eigenvalue weighted by molar-refractivity contribution is -0.129. The summed E-state index contributed by atoms with van der Waals surface area (Å²) >= 11 is 1.53. The van der Waals surface area contributed by atoms with E-state index in [1.165, 1.54) is 16.7 Å². The summed E-state index contributed by atoms with van der Waals surface area (Å²) in [5.41, 5.74) is 4.88. The Morgan fingerprint density at radius 2 is 2.25 bits per heavy atom. The van der Waals surface area contributed by atoms with Crippen molar-refractivity contribution < 1.29 is 4.79 Å². The quantitative estimate of drug-likeness (QED) is 0.721. The monoisotopic (exact) mass is 337 g/mol. The summed E-state index contributed by atoms with van der Waals surface area (Å²) in [4.78, 5) is 22.4. The fourth-order valence-corrected chi connectivity index (χ4v) is 3.87. The van der Waals surface area contributed by atoms with E-state index in [0.29, 0.717) is 0 Å². The summed E-state index contributed by atoms with van der Waals surface area (Å²) in [6.07, 6.45) is 6.67. The van der Waals surface area contributed by atoms with Crippen molar-refractivity contribution >= 4 is 34.2 Å². The first-order valence-corrected chi connectivity index (χ1v) is 9.20. The van der Waals surface area contributed by atoms with Gasteiger partial charge in [0.25, 0.3) is 0 Å². The number of hydrogen-bond donors (Lipinski definition) is 1. The number of aromatic amines is 1. The zero-order valence-corrected chi connectivity index (χ0v) is 14.1. The summed E-state index contributed by atoms with van der Waals surface area (Å²) < 4.78 is 0. The Hall–Kier alpha value is -2.40. The average Bonchev–Trinajstić information content (AvgIpc) is 3.29. The second-order valence-corrected chi connectivity index (χ2v) is 6.82. The van der Waals surface area contributed by atoms with Gasteiger partial charge in [-0.15, -0.1) is 11.3 Å². The maximum absolute atomic E-state index is 12.7. The van der Waals surface area contributed by atoms with Crippen LogP contribution in [-0.4, -0.2) is 27.3 Å². The molecule has 5 heteroatoms. The van der Waals surface area contributed by atoms with Gasteiger partial charge in [0.05, 0.1) is 17.2 Å². The van der Waals surface area contributed by atoms with Crippen LogP contribution in [0.1, 0.15) is 36.7 Å². The van der Waals surface area contributed by atoms with Crippen LogP contribution in [0.25, 0.3) is 17.0 Å². The summed E-state index contributed by atoms with van der Waals surface area (Å²) in [7, 11) is 0. The van der Waals surface area contributed by atoms with Crippen LogP contribution in [0.2, 0.25) is 0 Å². The van der Waals surface area contributed by atoms with Crippen LogP contribution in [0, 0.1) is 0 Å². The number of piperidine rings is 1. The molecule has 0 spiro atoms. The largest absolute Gasteiger partial charge is 0.357 e. The van der Waals surface area contributed by atoms with Crippen molar-refractivity contribution in [3.63, 3.8) is 0 Å². The van der Waals surface area contributed by atoms with E-state index in [4.69, 9.17) is 0 Å². The van der Waals surface area contributed by atoms with Gasteiger partial charge in [-0.25, -0.2) is 4.98 Å². The summed E-state index contributed by atoms with van der Waals surface area (Å²) in [5, 5.41) is 3.14. The Bertz CT molecular complexity index is 833. The van der Waals surface area contributed by atoms with Gasteiger partial charge in [-0.05, 0) is 42.9 Å². The predicted molar refractivity (Wildman–Crippen MR) is 97.8 cm³/mol. The van der Waals surface area contributed by atoms with E-state index in [9.17, 15) is 4.79 Å². The highest BCUT2D eigenvalue weighted by molar-refractivity contribution is 7.07. The first kappa shape index (κ1) is 15.1.